The number of carbonyl (C=O) groups excluding carboxylic acids is 1. The highest BCUT2D eigenvalue weighted by atomic mass is 19.1. The number of aryl methyl sites for hydroxylation is 2. The van der Waals surface area contributed by atoms with Gasteiger partial charge in [0.15, 0.2) is 0 Å². The van der Waals surface area contributed by atoms with Gasteiger partial charge in [-0.05, 0) is 51.0 Å². The van der Waals surface area contributed by atoms with E-state index in [4.69, 9.17) is 9.47 Å². The van der Waals surface area contributed by atoms with Gasteiger partial charge in [-0.15, -0.1) is 0 Å². The molecule has 0 bridgehead atoms. The monoisotopic (exact) mass is 344 g/mol. The Balaban J connectivity index is 1.75. The van der Waals surface area contributed by atoms with Crippen LogP contribution >= 0.6 is 0 Å². The Bertz CT molecular complexity index is 773. The quantitative estimate of drug-likeness (QED) is 0.899. The van der Waals surface area contributed by atoms with E-state index >= 15 is 0 Å². The van der Waals surface area contributed by atoms with Gasteiger partial charge >= 0.3 is 0 Å². The lowest BCUT2D eigenvalue weighted by Gasteiger charge is -2.15. The second kappa shape index (κ2) is 7.61. The maximum atomic E-state index is 13.6. The molecule has 1 aliphatic heterocycles. The fourth-order valence-corrected chi connectivity index (χ4v) is 2.80. The number of halogens is 1. The molecule has 1 fully saturated rings. The Kier molecular flexibility index (Phi) is 5.28. The Morgan fingerprint density at radius 3 is 2.92 bits per heavy atom. The average Bonchev–Trinajstić information content (AvgIpc) is 3.07. The molecule has 0 aliphatic carbocycles. The first-order valence-electron chi connectivity index (χ1n) is 8.32. The van der Waals surface area contributed by atoms with E-state index < -0.39 is 5.82 Å². The zero-order valence-corrected chi connectivity index (χ0v) is 14.3. The van der Waals surface area contributed by atoms with Crippen LogP contribution in [0.4, 0.5) is 10.1 Å². The van der Waals surface area contributed by atoms with Gasteiger partial charge in [-0.25, -0.2) is 4.39 Å². The molecule has 132 valence electrons. The molecule has 25 heavy (non-hydrogen) atoms. The van der Waals surface area contributed by atoms with E-state index in [-0.39, 0.29) is 12.0 Å². The molecule has 6 heteroatoms. The maximum Gasteiger partial charge on any atom is 0.257 e. The van der Waals surface area contributed by atoms with Crippen LogP contribution in [0.1, 0.15) is 34.6 Å². The number of anilines is 1. The van der Waals surface area contributed by atoms with Crippen molar-refractivity contribution >= 4 is 11.6 Å². The normalized spacial score (nSPS) is 16.7. The van der Waals surface area contributed by atoms with Crippen LogP contribution in [0.2, 0.25) is 0 Å². The summed E-state index contributed by atoms with van der Waals surface area (Å²) in [5, 5.41) is 2.72. The molecule has 2 aromatic rings. The first-order chi connectivity index (χ1) is 12.0. The van der Waals surface area contributed by atoms with Crippen molar-refractivity contribution in [3.05, 3.63) is 53.1 Å². The van der Waals surface area contributed by atoms with E-state index in [1.807, 2.05) is 6.92 Å². The molecule has 5 nitrogen and oxygen atoms in total. The summed E-state index contributed by atoms with van der Waals surface area (Å²) in [6.07, 6.45) is 2.00. The van der Waals surface area contributed by atoms with E-state index in [1.165, 1.54) is 18.2 Å². The minimum Gasteiger partial charge on any atom is -0.489 e. The maximum absolute atomic E-state index is 13.6. The van der Waals surface area contributed by atoms with Gasteiger partial charge in [0.2, 0.25) is 0 Å². The number of pyridine rings is 1. The predicted octanol–water partition coefficient (Wildman–Crippen LogP) is 3.65. The highest BCUT2D eigenvalue weighted by Crippen LogP contribution is 2.27. The Morgan fingerprint density at radius 1 is 1.36 bits per heavy atom. The lowest BCUT2D eigenvalue weighted by molar-refractivity contribution is 0.0681. The third-order valence-electron chi connectivity index (χ3n) is 4.11. The van der Waals surface area contributed by atoms with Gasteiger partial charge in [-0.3, -0.25) is 9.78 Å². The summed E-state index contributed by atoms with van der Waals surface area (Å²) in [4.78, 5) is 16.8. The minimum absolute atomic E-state index is 0.0390. The number of hydrogen-bond acceptors (Lipinski definition) is 4. The molecule has 1 aromatic heterocycles. The van der Waals surface area contributed by atoms with Gasteiger partial charge in [0.05, 0.1) is 23.0 Å². The molecule has 0 radical (unpaired) electrons. The number of benzene rings is 1. The fraction of sp³-hybridized carbons (Fsp3) is 0.368. The van der Waals surface area contributed by atoms with Crippen LogP contribution in [0.15, 0.2) is 30.3 Å². The Labute approximate surface area is 146 Å². The summed E-state index contributed by atoms with van der Waals surface area (Å²) in [5.74, 6) is -0.376. The first-order valence-corrected chi connectivity index (χ1v) is 8.32. The highest BCUT2D eigenvalue weighted by molar-refractivity contribution is 6.05. The number of aromatic nitrogens is 1. The summed E-state index contributed by atoms with van der Waals surface area (Å²) >= 11 is 0. The summed E-state index contributed by atoms with van der Waals surface area (Å²) in [7, 11) is 0. The van der Waals surface area contributed by atoms with Gasteiger partial charge in [-0.2, -0.15) is 0 Å². The van der Waals surface area contributed by atoms with Crippen molar-refractivity contribution in [3.63, 3.8) is 0 Å². The van der Waals surface area contributed by atoms with Crippen LogP contribution in [0.25, 0.3) is 0 Å². The Hall–Kier alpha value is -2.47. The molecular formula is C19H21FN2O3. The molecule has 0 spiro atoms. The van der Waals surface area contributed by atoms with Crippen LogP contribution < -0.4 is 10.1 Å². The molecule has 1 saturated heterocycles. The zero-order chi connectivity index (χ0) is 17.8. The largest absolute Gasteiger partial charge is 0.489 e. The summed E-state index contributed by atoms with van der Waals surface area (Å²) in [6, 6.07) is 7.54. The van der Waals surface area contributed by atoms with Gasteiger partial charge < -0.3 is 14.8 Å². The standard InChI is InChI=1S/C19H21FN2O3/c1-12-5-7-16(13(2)21-12)19(23)22-17-10-14(20)6-8-18(17)25-11-15-4-3-9-24-15/h5-8,10,15H,3-4,9,11H2,1-2H3,(H,22,23). The summed E-state index contributed by atoms with van der Waals surface area (Å²) < 4.78 is 24.9. The number of nitrogens with one attached hydrogen (secondary N) is 1. The van der Waals surface area contributed by atoms with E-state index in [0.29, 0.717) is 29.3 Å². The predicted molar refractivity (Wildman–Crippen MR) is 92.5 cm³/mol. The fourth-order valence-electron chi connectivity index (χ4n) is 2.80. The second-order valence-corrected chi connectivity index (χ2v) is 6.13. The van der Waals surface area contributed by atoms with Crippen LogP contribution in [0.3, 0.4) is 0 Å². The van der Waals surface area contributed by atoms with Gasteiger partial charge in [0.1, 0.15) is 18.2 Å². The number of ether oxygens (including phenoxy) is 2. The third kappa shape index (κ3) is 4.33. The molecule has 1 aliphatic rings. The number of carbonyl (C=O) groups is 1. The average molecular weight is 344 g/mol. The van der Waals surface area contributed by atoms with E-state index in [1.54, 1.807) is 19.1 Å². The van der Waals surface area contributed by atoms with Crippen molar-refractivity contribution in [2.24, 2.45) is 0 Å². The molecular weight excluding hydrogens is 323 g/mol. The SMILES string of the molecule is Cc1ccc(C(=O)Nc2cc(F)ccc2OCC2CCCO2)c(C)n1. The molecule has 0 saturated carbocycles. The minimum atomic E-state index is -0.446. The number of rotatable bonds is 5. The van der Waals surface area contributed by atoms with Gasteiger partial charge in [0, 0.05) is 18.4 Å². The molecule has 1 N–H and O–H groups in total. The van der Waals surface area contributed by atoms with Crippen molar-refractivity contribution in [1.29, 1.82) is 0 Å². The van der Waals surface area contributed by atoms with Gasteiger partial charge in [-0.1, -0.05) is 0 Å². The van der Waals surface area contributed by atoms with E-state index in [0.717, 1.165) is 25.1 Å². The highest BCUT2D eigenvalue weighted by Gasteiger charge is 2.18. The first kappa shape index (κ1) is 17.4. The van der Waals surface area contributed by atoms with Crippen molar-refractivity contribution in [1.82, 2.24) is 4.98 Å². The molecule has 1 unspecified atom stereocenters. The van der Waals surface area contributed by atoms with E-state index in [2.05, 4.69) is 10.3 Å². The van der Waals surface area contributed by atoms with Crippen molar-refractivity contribution < 1.29 is 18.7 Å². The second-order valence-electron chi connectivity index (χ2n) is 6.13. The summed E-state index contributed by atoms with van der Waals surface area (Å²) in [6.45, 7) is 4.74. The number of nitrogens with zero attached hydrogens (tertiary/aromatic N) is 1. The van der Waals surface area contributed by atoms with Crippen molar-refractivity contribution in [2.45, 2.75) is 32.8 Å². The molecule has 1 aromatic carbocycles. The van der Waals surface area contributed by atoms with Crippen LogP contribution in [-0.4, -0.2) is 30.2 Å². The van der Waals surface area contributed by atoms with Crippen LogP contribution in [0, 0.1) is 19.7 Å². The molecule has 1 atom stereocenters. The summed E-state index contributed by atoms with van der Waals surface area (Å²) in [5.41, 5.74) is 2.19. The van der Waals surface area contributed by atoms with Crippen molar-refractivity contribution in [2.75, 3.05) is 18.5 Å². The van der Waals surface area contributed by atoms with E-state index in [9.17, 15) is 9.18 Å². The molecule has 3 rings (SSSR count). The smallest absolute Gasteiger partial charge is 0.257 e. The lowest BCUT2D eigenvalue weighted by Crippen LogP contribution is -2.18. The number of amides is 1. The topological polar surface area (TPSA) is 60.5 Å². The van der Waals surface area contributed by atoms with Gasteiger partial charge in [0.25, 0.3) is 5.91 Å². The number of hydrogen-bond donors (Lipinski definition) is 1. The third-order valence-corrected chi connectivity index (χ3v) is 4.11. The zero-order valence-electron chi connectivity index (χ0n) is 14.3. The van der Waals surface area contributed by atoms with Crippen molar-refractivity contribution in [3.8, 4) is 5.75 Å². The van der Waals surface area contributed by atoms with Crippen LogP contribution in [0.5, 0.6) is 5.75 Å². The molecule has 1 amide bonds. The Morgan fingerprint density at radius 2 is 2.20 bits per heavy atom. The lowest BCUT2D eigenvalue weighted by atomic mass is 10.1. The van der Waals surface area contributed by atoms with Crippen LogP contribution in [-0.2, 0) is 4.74 Å². The molecule has 2 heterocycles.